The Labute approximate surface area is 150 Å². The molecule has 0 heterocycles. The first-order chi connectivity index (χ1) is 7.30. The first-order valence-corrected chi connectivity index (χ1v) is 6.74. The molecule has 0 fully saturated rings. The number of hydrogen-bond acceptors (Lipinski definition) is 0. The fraction of sp³-hybridized carbons (Fsp3) is 0.750. The summed E-state index contributed by atoms with van der Waals surface area (Å²) in [6.07, 6.45) is 5.16. The van der Waals surface area contributed by atoms with Crippen molar-refractivity contribution < 1.29 is 51.0 Å². The number of halogens is 2. The van der Waals surface area contributed by atoms with Gasteiger partial charge in [-0.05, 0) is 41.6 Å². The molecule has 0 spiro atoms. The van der Waals surface area contributed by atoms with Crippen molar-refractivity contribution in [3.05, 3.63) is 22.8 Å². The monoisotopic (exact) mass is 378 g/mol. The van der Waals surface area contributed by atoms with E-state index in [1.165, 1.54) is 12.8 Å². The Hall–Kier alpha value is 0.943. The Morgan fingerprint density at radius 1 is 1.16 bits per heavy atom. The van der Waals surface area contributed by atoms with Gasteiger partial charge < -0.3 is 24.8 Å². The van der Waals surface area contributed by atoms with Crippen LogP contribution in [-0.2, 0) is 26.2 Å². The first-order valence-electron chi connectivity index (χ1n) is 6.74. The molecule has 19 heavy (non-hydrogen) atoms. The molecule has 0 saturated heterocycles. The van der Waals surface area contributed by atoms with Gasteiger partial charge in [0.1, 0.15) is 0 Å². The molecule has 0 nitrogen and oxygen atoms in total. The van der Waals surface area contributed by atoms with E-state index in [-0.39, 0.29) is 51.0 Å². The van der Waals surface area contributed by atoms with Gasteiger partial charge in [-0.15, -0.1) is 0 Å². The fourth-order valence-electron chi connectivity index (χ4n) is 3.25. The summed E-state index contributed by atoms with van der Waals surface area (Å²) in [5.41, 5.74) is 5.46. The van der Waals surface area contributed by atoms with Crippen LogP contribution in [0.2, 0.25) is 0 Å². The van der Waals surface area contributed by atoms with E-state index in [9.17, 15) is 0 Å². The van der Waals surface area contributed by atoms with E-state index in [4.69, 9.17) is 0 Å². The molecule has 0 bridgehead atoms. The zero-order chi connectivity index (χ0) is 12.1. The van der Waals surface area contributed by atoms with E-state index in [0.29, 0.717) is 5.41 Å². The number of rotatable bonds is 1. The summed E-state index contributed by atoms with van der Waals surface area (Å²) in [7, 11) is 0. The van der Waals surface area contributed by atoms with E-state index >= 15 is 0 Å². The Balaban J connectivity index is 0. The van der Waals surface area contributed by atoms with Gasteiger partial charge in [0, 0.05) is 0 Å². The maximum atomic E-state index is 2.52. The van der Waals surface area contributed by atoms with Gasteiger partial charge in [-0.2, -0.15) is 0 Å². The van der Waals surface area contributed by atoms with Crippen LogP contribution >= 0.6 is 0 Å². The van der Waals surface area contributed by atoms with Crippen molar-refractivity contribution in [1.29, 1.82) is 0 Å². The predicted molar refractivity (Wildman–Crippen MR) is 71.3 cm³/mol. The summed E-state index contributed by atoms with van der Waals surface area (Å²) in [5.74, 6) is 2.45. The average molecular weight is 381 g/mol. The third kappa shape index (κ3) is 4.45. The second-order valence-electron chi connectivity index (χ2n) is 7.06. The summed E-state index contributed by atoms with van der Waals surface area (Å²) < 4.78 is 0. The Bertz CT molecular complexity index is 361. The van der Waals surface area contributed by atoms with Crippen LogP contribution in [0.4, 0.5) is 0 Å². The molecule has 3 heteroatoms. The molecule has 2 unspecified atom stereocenters. The van der Waals surface area contributed by atoms with E-state index in [0.717, 1.165) is 17.8 Å². The Morgan fingerprint density at radius 3 is 2.11 bits per heavy atom. The Morgan fingerprint density at radius 2 is 1.68 bits per heavy atom. The standard InChI is InChI=1S/C16H26.2ClH.Zr/c1-10(2)13-7-11(3)14-8-12(9-15(13)14)16(4,5)6;;;/h8,10-11,13H,7,9H2,1-6H3;2*1H;/q;;;+2/p-2. The molecule has 0 aromatic carbocycles. The van der Waals surface area contributed by atoms with Crippen molar-refractivity contribution >= 4 is 0 Å². The quantitative estimate of drug-likeness (QED) is 0.546. The fourth-order valence-corrected chi connectivity index (χ4v) is 3.25. The van der Waals surface area contributed by atoms with E-state index in [1.54, 1.807) is 16.7 Å². The largest absolute Gasteiger partial charge is 2.00 e. The van der Waals surface area contributed by atoms with Gasteiger partial charge >= 0.3 is 26.2 Å². The second-order valence-corrected chi connectivity index (χ2v) is 7.06. The van der Waals surface area contributed by atoms with Gasteiger partial charge in [0.25, 0.3) is 0 Å². The molecular formula is C16H26Cl2Zr. The van der Waals surface area contributed by atoms with Crippen LogP contribution in [0.3, 0.4) is 0 Å². The SMILES string of the molecule is CC1CC(C(C)C)C2=C1C=C(C(C)(C)C)C2.[Cl-].[Cl-].[Zr+2]. The number of hydrogen-bond donors (Lipinski definition) is 0. The van der Waals surface area contributed by atoms with Crippen molar-refractivity contribution in [2.24, 2.45) is 23.2 Å². The molecule has 0 saturated carbocycles. The molecule has 0 amide bonds. The zero-order valence-electron chi connectivity index (χ0n) is 13.0. The molecule has 2 atom stereocenters. The summed E-state index contributed by atoms with van der Waals surface area (Å²) in [6, 6.07) is 0. The van der Waals surface area contributed by atoms with Crippen LogP contribution < -0.4 is 24.8 Å². The molecule has 2 aliphatic carbocycles. The molecule has 0 radical (unpaired) electrons. The van der Waals surface area contributed by atoms with Gasteiger partial charge in [0.2, 0.25) is 0 Å². The average Bonchev–Trinajstić information content (AvgIpc) is 2.65. The smallest absolute Gasteiger partial charge is 1.00 e. The van der Waals surface area contributed by atoms with Crippen molar-refractivity contribution in [2.45, 2.75) is 54.4 Å². The van der Waals surface area contributed by atoms with Crippen LogP contribution in [0.15, 0.2) is 22.8 Å². The van der Waals surface area contributed by atoms with Crippen molar-refractivity contribution in [3.63, 3.8) is 0 Å². The maximum Gasteiger partial charge on any atom is 2.00 e. The van der Waals surface area contributed by atoms with Crippen LogP contribution in [0, 0.1) is 23.2 Å². The molecule has 0 aromatic heterocycles. The van der Waals surface area contributed by atoms with Crippen molar-refractivity contribution in [2.75, 3.05) is 0 Å². The minimum Gasteiger partial charge on any atom is -1.00 e. The van der Waals surface area contributed by atoms with Gasteiger partial charge in [0.05, 0.1) is 0 Å². The molecular weight excluding hydrogens is 354 g/mol. The minimum absolute atomic E-state index is 0. The molecule has 0 N–H and O–H groups in total. The summed E-state index contributed by atoms with van der Waals surface area (Å²) in [6.45, 7) is 14.2. The van der Waals surface area contributed by atoms with Gasteiger partial charge in [-0.1, -0.05) is 58.8 Å². The normalized spacial score (nSPS) is 25.3. The summed E-state index contributed by atoms with van der Waals surface area (Å²) >= 11 is 0. The zero-order valence-corrected chi connectivity index (χ0v) is 16.9. The Kier molecular flexibility index (Phi) is 9.14. The van der Waals surface area contributed by atoms with Gasteiger partial charge in [-0.25, -0.2) is 0 Å². The first kappa shape index (κ1) is 22.2. The van der Waals surface area contributed by atoms with E-state index < -0.39 is 0 Å². The topological polar surface area (TPSA) is 0 Å². The van der Waals surface area contributed by atoms with Gasteiger partial charge in [0.15, 0.2) is 0 Å². The molecule has 0 aliphatic heterocycles. The molecule has 108 valence electrons. The minimum atomic E-state index is 0. The molecule has 2 aliphatic rings. The number of allylic oxidation sites excluding steroid dienone is 4. The van der Waals surface area contributed by atoms with Crippen LogP contribution in [-0.4, -0.2) is 0 Å². The summed E-state index contributed by atoms with van der Waals surface area (Å²) in [4.78, 5) is 0. The third-order valence-electron chi connectivity index (χ3n) is 4.44. The van der Waals surface area contributed by atoms with Crippen LogP contribution in [0.25, 0.3) is 0 Å². The van der Waals surface area contributed by atoms with Crippen LogP contribution in [0.5, 0.6) is 0 Å². The van der Waals surface area contributed by atoms with Crippen LogP contribution in [0.1, 0.15) is 54.4 Å². The predicted octanol–water partition coefficient (Wildman–Crippen LogP) is -1.02. The van der Waals surface area contributed by atoms with E-state index in [2.05, 4.69) is 47.6 Å². The molecule has 2 rings (SSSR count). The van der Waals surface area contributed by atoms with Gasteiger partial charge in [-0.3, -0.25) is 0 Å². The molecule has 0 aromatic rings. The van der Waals surface area contributed by atoms with E-state index in [1.807, 2.05) is 0 Å². The third-order valence-corrected chi connectivity index (χ3v) is 4.44. The van der Waals surface area contributed by atoms with Crippen molar-refractivity contribution in [1.82, 2.24) is 0 Å². The summed E-state index contributed by atoms with van der Waals surface area (Å²) in [5, 5.41) is 0. The maximum absolute atomic E-state index is 2.52. The second kappa shape index (κ2) is 7.81. The van der Waals surface area contributed by atoms with Crippen molar-refractivity contribution in [3.8, 4) is 0 Å².